The Balaban J connectivity index is 1.50. The molecule has 2 fully saturated rings. The molecule has 2 aliphatic rings. The van der Waals surface area contributed by atoms with Crippen LogP contribution in [0.3, 0.4) is 0 Å². The second-order valence-corrected chi connectivity index (χ2v) is 8.25. The third-order valence-corrected chi connectivity index (χ3v) is 6.66. The molecule has 0 spiro atoms. The Morgan fingerprint density at radius 1 is 1.25 bits per heavy atom. The van der Waals surface area contributed by atoms with E-state index in [1.807, 2.05) is 32.3 Å². The number of benzene rings is 1. The van der Waals surface area contributed by atoms with E-state index in [1.54, 1.807) is 0 Å². The summed E-state index contributed by atoms with van der Waals surface area (Å²) in [5, 5.41) is 0. The van der Waals surface area contributed by atoms with Gasteiger partial charge in [0.05, 0.1) is 12.0 Å². The lowest BCUT2D eigenvalue weighted by atomic mass is 9.70. The Morgan fingerprint density at radius 2 is 2.07 bits per heavy atom. The molecule has 0 saturated carbocycles. The molecule has 0 amide bonds. The highest BCUT2D eigenvalue weighted by molar-refractivity contribution is 5.79. The number of aryl methyl sites for hydroxylation is 2. The summed E-state index contributed by atoms with van der Waals surface area (Å²) in [6, 6.07) is 11.2. The molecule has 3 heterocycles. The molecule has 2 aromatic rings. The first kappa shape index (κ1) is 19.2. The fourth-order valence-electron chi connectivity index (χ4n) is 5.42. The van der Waals surface area contributed by atoms with E-state index in [0.717, 1.165) is 44.6 Å². The second-order valence-electron chi connectivity index (χ2n) is 8.25. The summed E-state index contributed by atoms with van der Waals surface area (Å²) in [7, 11) is 0. The third kappa shape index (κ3) is 3.48. The zero-order chi connectivity index (χ0) is 19.6. The van der Waals surface area contributed by atoms with Crippen LogP contribution < -0.4 is 0 Å². The lowest BCUT2D eigenvalue weighted by Gasteiger charge is -2.35. The molecule has 0 radical (unpaired) electrons. The number of carbonyl (C=O) groups excluding carboxylic acids is 1. The van der Waals surface area contributed by atoms with Gasteiger partial charge in [0.1, 0.15) is 5.82 Å². The molecule has 0 unspecified atom stereocenters. The van der Waals surface area contributed by atoms with Gasteiger partial charge in [0, 0.05) is 37.6 Å². The van der Waals surface area contributed by atoms with Gasteiger partial charge in [-0.2, -0.15) is 0 Å². The highest BCUT2D eigenvalue weighted by Gasteiger charge is 2.60. The van der Waals surface area contributed by atoms with Crippen molar-refractivity contribution in [1.82, 2.24) is 14.5 Å². The molecular weight excluding hydrogens is 350 g/mol. The van der Waals surface area contributed by atoms with Crippen molar-refractivity contribution in [3.63, 3.8) is 0 Å². The summed E-state index contributed by atoms with van der Waals surface area (Å²) in [5.74, 6) is 1.07. The summed E-state index contributed by atoms with van der Waals surface area (Å²) in [6.07, 6.45) is 8.99. The van der Waals surface area contributed by atoms with Crippen molar-refractivity contribution in [2.24, 2.45) is 5.41 Å². The molecule has 2 bridgehead atoms. The number of hydrogen-bond acceptors (Lipinski definition) is 4. The number of fused-ring (bicyclic) bond motifs is 2. The quantitative estimate of drug-likeness (QED) is 0.656. The number of ether oxygens (including phenoxy) is 1. The van der Waals surface area contributed by atoms with Crippen molar-refractivity contribution in [1.29, 1.82) is 0 Å². The molecule has 28 heavy (non-hydrogen) atoms. The van der Waals surface area contributed by atoms with E-state index in [2.05, 4.69) is 38.7 Å². The zero-order valence-corrected chi connectivity index (χ0v) is 17.0. The molecule has 5 heteroatoms. The number of rotatable bonds is 8. The van der Waals surface area contributed by atoms with E-state index >= 15 is 0 Å². The van der Waals surface area contributed by atoms with Crippen LogP contribution in [0.1, 0.15) is 44.0 Å². The first-order valence-corrected chi connectivity index (χ1v) is 10.6. The van der Waals surface area contributed by atoms with Crippen molar-refractivity contribution in [2.45, 2.75) is 64.6 Å². The van der Waals surface area contributed by atoms with E-state index in [-0.39, 0.29) is 5.97 Å². The minimum absolute atomic E-state index is 0.00140. The number of imidazole rings is 1. The van der Waals surface area contributed by atoms with Crippen molar-refractivity contribution >= 4 is 5.97 Å². The Bertz CT molecular complexity index is 803. The maximum absolute atomic E-state index is 13.2. The molecule has 2 saturated heterocycles. The first-order valence-electron chi connectivity index (χ1n) is 10.6. The lowest BCUT2D eigenvalue weighted by Crippen LogP contribution is -2.46. The topological polar surface area (TPSA) is 47.4 Å². The fraction of sp³-hybridized carbons (Fsp3) is 0.565. The van der Waals surface area contributed by atoms with Gasteiger partial charge in [-0.05, 0) is 51.5 Å². The number of aromatic nitrogens is 2. The van der Waals surface area contributed by atoms with Gasteiger partial charge >= 0.3 is 5.97 Å². The van der Waals surface area contributed by atoms with E-state index in [4.69, 9.17) is 4.74 Å². The van der Waals surface area contributed by atoms with Gasteiger partial charge in [-0.1, -0.05) is 30.3 Å². The molecule has 1 aromatic heterocycles. The summed E-state index contributed by atoms with van der Waals surface area (Å²) >= 11 is 0. The van der Waals surface area contributed by atoms with Crippen LogP contribution in [0.15, 0.2) is 42.7 Å². The predicted octanol–water partition coefficient (Wildman–Crippen LogP) is 3.61. The van der Waals surface area contributed by atoms with E-state index in [0.29, 0.717) is 18.7 Å². The average molecular weight is 382 g/mol. The highest BCUT2D eigenvalue weighted by atomic mass is 16.5. The molecule has 2 aliphatic heterocycles. The Morgan fingerprint density at radius 3 is 2.79 bits per heavy atom. The fourth-order valence-corrected chi connectivity index (χ4v) is 5.42. The normalized spacial score (nSPS) is 26.6. The Kier molecular flexibility index (Phi) is 5.54. The van der Waals surface area contributed by atoms with Crippen LogP contribution >= 0.6 is 0 Å². The van der Waals surface area contributed by atoms with Gasteiger partial charge in [0.2, 0.25) is 0 Å². The average Bonchev–Trinajstić information content (AvgIpc) is 3.37. The van der Waals surface area contributed by atoms with Crippen LogP contribution in [-0.2, 0) is 22.5 Å². The van der Waals surface area contributed by atoms with Crippen LogP contribution in [0.4, 0.5) is 0 Å². The summed E-state index contributed by atoms with van der Waals surface area (Å²) in [6.45, 7) is 6.42. The van der Waals surface area contributed by atoms with Crippen molar-refractivity contribution in [2.75, 3.05) is 13.2 Å². The predicted molar refractivity (Wildman–Crippen MR) is 109 cm³/mol. The van der Waals surface area contributed by atoms with E-state index in [1.165, 1.54) is 12.0 Å². The SMILES string of the molecule is CCOC(=O)[C@@]1(Cc2ccccc2)C[C@H]2CC[C@@H]1N2CCCn1ccnc1C. The van der Waals surface area contributed by atoms with Crippen molar-refractivity contribution in [3.8, 4) is 0 Å². The van der Waals surface area contributed by atoms with Crippen molar-refractivity contribution in [3.05, 3.63) is 54.1 Å². The van der Waals surface area contributed by atoms with Crippen molar-refractivity contribution < 1.29 is 9.53 Å². The van der Waals surface area contributed by atoms with Gasteiger partial charge in [0.15, 0.2) is 0 Å². The molecule has 1 aromatic carbocycles. The minimum atomic E-state index is -0.398. The van der Waals surface area contributed by atoms with Crippen LogP contribution in [0, 0.1) is 12.3 Å². The standard InChI is InChI=1S/C23H31N3O2/c1-3-28-22(27)23(16-19-8-5-4-6-9-19)17-20-10-11-21(23)26(20)14-7-13-25-15-12-24-18(25)2/h4-6,8-9,12,15,20-21H,3,7,10-11,13-14,16-17H2,1-2H3/t20-,21+,23+/m1/s1. The minimum Gasteiger partial charge on any atom is -0.466 e. The van der Waals surface area contributed by atoms with E-state index in [9.17, 15) is 4.79 Å². The van der Waals surface area contributed by atoms with E-state index < -0.39 is 5.41 Å². The van der Waals surface area contributed by atoms with Gasteiger partial charge < -0.3 is 9.30 Å². The molecule has 150 valence electrons. The van der Waals surface area contributed by atoms with Crippen LogP contribution in [0.25, 0.3) is 0 Å². The first-order chi connectivity index (χ1) is 13.6. The maximum Gasteiger partial charge on any atom is 0.314 e. The summed E-state index contributed by atoms with van der Waals surface area (Å²) < 4.78 is 7.81. The van der Waals surface area contributed by atoms with Gasteiger partial charge in [0.25, 0.3) is 0 Å². The molecule has 5 nitrogen and oxygen atoms in total. The monoisotopic (exact) mass is 381 g/mol. The summed E-state index contributed by atoms with van der Waals surface area (Å²) in [5.41, 5.74) is 0.836. The van der Waals surface area contributed by atoms with Crippen LogP contribution in [0.2, 0.25) is 0 Å². The molecule has 4 rings (SSSR count). The van der Waals surface area contributed by atoms with Gasteiger partial charge in [-0.15, -0.1) is 0 Å². The number of carbonyl (C=O) groups is 1. The van der Waals surface area contributed by atoms with Gasteiger partial charge in [-0.3, -0.25) is 9.69 Å². The number of esters is 1. The molecular formula is C23H31N3O2. The zero-order valence-electron chi connectivity index (χ0n) is 17.0. The summed E-state index contributed by atoms with van der Waals surface area (Å²) in [4.78, 5) is 20.1. The van der Waals surface area contributed by atoms with Gasteiger partial charge in [-0.25, -0.2) is 4.98 Å². The third-order valence-electron chi connectivity index (χ3n) is 6.66. The Hall–Kier alpha value is -2.14. The van der Waals surface area contributed by atoms with Crippen LogP contribution in [-0.4, -0.2) is 45.7 Å². The highest BCUT2D eigenvalue weighted by Crippen LogP contribution is 2.52. The molecule has 0 N–H and O–H groups in total. The second kappa shape index (κ2) is 8.08. The maximum atomic E-state index is 13.2. The lowest BCUT2D eigenvalue weighted by molar-refractivity contribution is -0.157. The Labute approximate surface area is 167 Å². The van der Waals surface area contributed by atoms with Crippen LogP contribution in [0.5, 0.6) is 0 Å². The molecule has 0 aliphatic carbocycles. The number of nitrogens with zero attached hydrogens (tertiary/aromatic N) is 3. The number of hydrogen-bond donors (Lipinski definition) is 0. The molecule has 3 atom stereocenters. The largest absolute Gasteiger partial charge is 0.466 e. The smallest absolute Gasteiger partial charge is 0.314 e.